The van der Waals surface area contributed by atoms with Crippen molar-refractivity contribution in [3.05, 3.63) is 53.1 Å². The molecule has 0 spiro atoms. The van der Waals surface area contributed by atoms with Gasteiger partial charge < -0.3 is 5.43 Å². The van der Waals surface area contributed by atoms with Crippen molar-refractivity contribution in [2.45, 2.75) is 51.5 Å². The molecule has 1 saturated carbocycles. The molecule has 21 heavy (non-hydrogen) atoms. The Kier molecular flexibility index (Phi) is 4.54. The van der Waals surface area contributed by atoms with E-state index in [-0.39, 0.29) is 0 Å². The number of allylic oxidation sites excluding steroid dienone is 4. The van der Waals surface area contributed by atoms with Gasteiger partial charge in [0.15, 0.2) is 0 Å². The third-order valence-electron chi connectivity index (χ3n) is 4.52. The van der Waals surface area contributed by atoms with E-state index in [1.54, 1.807) is 0 Å². The van der Waals surface area contributed by atoms with Gasteiger partial charge in [0, 0.05) is 11.6 Å². The van der Waals surface area contributed by atoms with E-state index >= 15 is 0 Å². The van der Waals surface area contributed by atoms with Crippen molar-refractivity contribution >= 4 is 11.8 Å². The predicted molar refractivity (Wildman–Crippen MR) is 90.4 cm³/mol. The van der Waals surface area contributed by atoms with Gasteiger partial charge in [0.05, 0.1) is 6.21 Å². The Morgan fingerprint density at radius 3 is 2.71 bits per heavy atom. The molecule has 0 aromatic heterocycles. The van der Waals surface area contributed by atoms with Gasteiger partial charge in [-0.3, -0.25) is 0 Å². The maximum atomic E-state index is 4.50. The smallest absolute Gasteiger partial charge is 0.0546 e. The molecule has 0 radical (unpaired) electrons. The zero-order valence-electron chi connectivity index (χ0n) is 12.8. The summed E-state index contributed by atoms with van der Waals surface area (Å²) in [6.07, 6.45) is 14.0. The van der Waals surface area contributed by atoms with E-state index in [1.807, 2.05) is 6.21 Å². The second-order valence-electron chi connectivity index (χ2n) is 6.08. The summed E-state index contributed by atoms with van der Waals surface area (Å²) in [5.74, 6) is 0. The molecule has 110 valence electrons. The minimum absolute atomic E-state index is 0.566. The minimum atomic E-state index is 0.566. The molecule has 0 unspecified atom stereocenters. The van der Waals surface area contributed by atoms with E-state index < -0.39 is 0 Å². The highest BCUT2D eigenvalue weighted by molar-refractivity contribution is 5.90. The number of nitrogens with zero attached hydrogens (tertiary/aromatic N) is 1. The molecule has 1 aromatic carbocycles. The Morgan fingerprint density at radius 2 is 1.95 bits per heavy atom. The summed E-state index contributed by atoms with van der Waals surface area (Å²) in [7, 11) is 0. The van der Waals surface area contributed by atoms with Crippen LogP contribution in [0.2, 0.25) is 0 Å². The Hall–Kier alpha value is -1.83. The summed E-state index contributed by atoms with van der Waals surface area (Å²) < 4.78 is 0. The van der Waals surface area contributed by atoms with E-state index in [0.717, 1.165) is 6.42 Å². The van der Waals surface area contributed by atoms with E-state index in [9.17, 15) is 0 Å². The summed E-state index contributed by atoms with van der Waals surface area (Å²) >= 11 is 0. The van der Waals surface area contributed by atoms with E-state index in [4.69, 9.17) is 0 Å². The molecular weight excluding hydrogens is 256 g/mol. The van der Waals surface area contributed by atoms with Gasteiger partial charge in [-0.25, -0.2) is 0 Å². The number of hydrogen-bond donors (Lipinski definition) is 1. The lowest BCUT2D eigenvalue weighted by Gasteiger charge is -2.20. The molecule has 0 heterocycles. The summed E-state index contributed by atoms with van der Waals surface area (Å²) in [6.45, 7) is 2.19. The van der Waals surface area contributed by atoms with Crippen molar-refractivity contribution in [3.8, 4) is 0 Å². The first-order chi connectivity index (χ1) is 10.3. The number of benzene rings is 1. The molecular formula is C19H24N2. The van der Waals surface area contributed by atoms with Crippen LogP contribution in [0.25, 0.3) is 5.57 Å². The highest BCUT2D eigenvalue weighted by atomic mass is 15.3. The van der Waals surface area contributed by atoms with Gasteiger partial charge in [-0.1, -0.05) is 55.7 Å². The molecule has 3 rings (SSSR count). The molecule has 2 heteroatoms. The van der Waals surface area contributed by atoms with E-state index in [1.165, 1.54) is 54.4 Å². The molecule has 0 amide bonds. The Bertz CT molecular complexity index is 575. The van der Waals surface area contributed by atoms with Crippen LogP contribution in [0.5, 0.6) is 0 Å². The summed E-state index contributed by atoms with van der Waals surface area (Å²) in [5, 5.41) is 4.50. The minimum Gasteiger partial charge on any atom is -0.307 e. The van der Waals surface area contributed by atoms with Crippen molar-refractivity contribution in [2.24, 2.45) is 5.10 Å². The van der Waals surface area contributed by atoms with Gasteiger partial charge in [-0.15, -0.1) is 0 Å². The molecule has 0 aliphatic heterocycles. The van der Waals surface area contributed by atoms with E-state index in [0.29, 0.717) is 6.04 Å². The highest BCUT2D eigenvalue weighted by Gasteiger charge is 2.12. The van der Waals surface area contributed by atoms with Crippen LogP contribution in [0.3, 0.4) is 0 Å². The van der Waals surface area contributed by atoms with Gasteiger partial charge >= 0.3 is 0 Å². The molecule has 1 fully saturated rings. The van der Waals surface area contributed by atoms with Gasteiger partial charge in [0.1, 0.15) is 0 Å². The lowest BCUT2D eigenvalue weighted by Crippen LogP contribution is -2.26. The van der Waals surface area contributed by atoms with Crippen LogP contribution in [0.1, 0.15) is 56.6 Å². The average Bonchev–Trinajstić information content (AvgIpc) is 2.95. The predicted octanol–water partition coefficient (Wildman–Crippen LogP) is 4.68. The number of hydrazone groups is 1. The van der Waals surface area contributed by atoms with Crippen LogP contribution in [0, 0.1) is 0 Å². The first-order valence-corrected chi connectivity index (χ1v) is 8.09. The number of nitrogens with one attached hydrogen (secondary N) is 1. The fraction of sp³-hybridized carbons (Fsp3) is 0.421. The summed E-state index contributed by atoms with van der Waals surface area (Å²) in [5.41, 5.74) is 8.66. The molecule has 0 atom stereocenters. The summed E-state index contributed by atoms with van der Waals surface area (Å²) in [4.78, 5) is 0. The lowest BCUT2D eigenvalue weighted by atomic mass is 9.96. The second-order valence-corrected chi connectivity index (χ2v) is 6.08. The van der Waals surface area contributed by atoms with Crippen LogP contribution in [-0.4, -0.2) is 12.3 Å². The zero-order chi connectivity index (χ0) is 14.5. The van der Waals surface area contributed by atoms with Crippen LogP contribution in [0.4, 0.5) is 0 Å². The Balaban J connectivity index is 1.72. The van der Waals surface area contributed by atoms with Gasteiger partial charge in [-0.05, 0) is 42.9 Å². The summed E-state index contributed by atoms with van der Waals surface area (Å²) in [6, 6.07) is 9.12. The standard InChI is InChI=1S/C19H24N2/c1-15-8-7-13-18(15)19-12-6-5-9-16(19)14-20-21-17-10-3-2-4-11-17/h5-9,12,14,17,21H,2-4,10-11,13H2,1H3. The Morgan fingerprint density at radius 1 is 1.14 bits per heavy atom. The van der Waals surface area contributed by atoms with Crippen molar-refractivity contribution in [2.75, 3.05) is 0 Å². The first kappa shape index (κ1) is 14.1. The third-order valence-corrected chi connectivity index (χ3v) is 4.52. The second kappa shape index (κ2) is 6.75. The molecule has 1 N–H and O–H groups in total. The molecule has 0 saturated heterocycles. The van der Waals surface area contributed by atoms with Gasteiger partial charge in [0.25, 0.3) is 0 Å². The maximum Gasteiger partial charge on any atom is 0.0546 e. The van der Waals surface area contributed by atoms with Crippen LogP contribution >= 0.6 is 0 Å². The van der Waals surface area contributed by atoms with Crippen molar-refractivity contribution < 1.29 is 0 Å². The molecule has 0 bridgehead atoms. The van der Waals surface area contributed by atoms with Crippen LogP contribution < -0.4 is 5.43 Å². The Labute approximate surface area is 127 Å². The topological polar surface area (TPSA) is 24.4 Å². The fourth-order valence-electron chi connectivity index (χ4n) is 3.27. The zero-order valence-corrected chi connectivity index (χ0v) is 12.8. The van der Waals surface area contributed by atoms with Gasteiger partial charge in [0.2, 0.25) is 0 Å². The fourth-order valence-corrected chi connectivity index (χ4v) is 3.27. The molecule has 2 nitrogen and oxygen atoms in total. The molecule has 2 aliphatic rings. The van der Waals surface area contributed by atoms with Crippen LogP contribution in [0.15, 0.2) is 47.1 Å². The largest absolute Gasteiger partial charge is 0.307 e. The van der Waals surface area contributed by atoms with E-state index in [2.05, 4.69) is 53.9 Å². The SMILES string of the molecule is CC1=C(c2ccccc2C=NNC2CCCCC2)CC=C1. The van der Waals surface area contributed by atoms with Crippen molar-refractivity contribution in [1.82, 2.24) is 5.43 Å². The van der Waals surface area contributed by atoms with Crippen LogP contribution in [-0.2, 0) is 0 Å². The maximum absolute atomic E-state index is 4.50. The monoisotopic (exact) mass is 280 g/mol. The normalized spacial score (nSPS) is 19.7. The highest BCUT2D eigenvalue weighted by Crippen LogP contribution is 2.30. The number of hydrogen-bond acceptors (Lipinski definition) is 2. The average molecular weight is 280 g/mol. The molecule has 2 aliphatic carbocycles. The lowest BCUT2D eigenvalue weighted by molar-refractivity contribution is 0.381. The van der Waals surface area contributed by atoms with Gasteiger partial charge in [-0.2, -0.15) is 5.10 Å². The third kappa shape index (κ3) is 3.44. The van der Waals surface area contributed by atoms with Crippen molar-refractivity contribution in [1.29, 1.82) is 0 Å². The quantitative estimate of drug-likeness (QED) is 0.628. The number of rotatable bonds is 4. The van der Waals surface area contributed by atoms with Crippen molar-refractivity contribution in [3.63, 3.8) is 0 Å². The first-order valence-electron chi connectivity index (χ1n) is 8.09. The molecule has 1 aromatic rings.